The molecular weight excluding hydrogens is 394 g/mol. The van der Waals surface area contributed by atoms with Crippen LogP contribution in [0.3, 0.4) is 0 Å². The Kier molecular flexibility index (Phi) is 7.17. The van der Waals surface area contributed by atoms with Crippen molar-refractivity contribution in [2.24, 2.45) is 5.41 Å². The number of carbonyl (C=O) groups excluding carboxylic acids is 1. The minimum absolute atomic E-state index is 0.0947. The molecule has 158 valence electrons. The zero-order chi connectivity index (χ0) is 20.2. The number of amides is 1. The highest BCUT2D eigenvalue weighted by atomic mass is 32.2. The fourth-order valence-corrected chi connectivity index (χ4v) is 7.07. The zero-order valence-electron chi connectivity index (χ0n) is 17.1. The Bertz CT molecular complexity index is 735. The molecule has 28 heavy (non-hydrogen) atoms. The van der Waals surface area contributed by atoms with Crippen molar-refractivity contribution in [1.29, 1.82) is 0 Å². The van der Waals surface area contributed by atoms with Gasteiger partial charge in [-0.25, -0.2) is 8.42 Å². The molecule has 2 aliphatic heterocycles. The zero-order valence-corrected chi connectivity index (χ0v) is 18.7. The van der Waals surface area contributed by atoms with Gasteiger partial charge in [-0.2, -0.15) is 4.31 Å². The molecule has 6 nitrogen and oxygen atoms in total. The molecule has 0 aromatic carbocycles. The highest BCUT2D eigenvalue weighted by Gasteiger charge is 2.44. The molecule has 1 aromatic rings. The highest BCUT2D eigenvalue weighted by molar-refractivity contribution is 7.91. The third-order valence-electron chi connectivity index (χ3n) is 6.10. The van der Waals surface area contributed by atoms with Gasteiger partial charge in [0.05, 0.1) is 6.54 Å². The largest absolute Gasteiger partial charge is 0.341 e. The summed E-state index contributed by atoms with van der Waals surface area (Å²) in [6.45, 7) is 9.44. The van der Waals surface area contributed by atoms with E-state index in [0.717, 1.165) is 58.3 Å². The van der Waals surface area contributed by atoms with E-state index in [9.17, 15) is 13.2 Å². The predicted octanol–water partition coefficient (Wildman–Crippen LogP) is 2.87. The van der Waals surface area contributed by atoms with Gasteiger partial charge in [0, 0.05) is 26.2 Å². The summed E-state index contributed by atoms with van der Waals surface area (Å²) >= 11 is 1.28. The Morgan fingerprint density at radius 1 is 1.14 bits per heavy atom. The van der Waals surface area contributed by atoms with Crippen molar-refractivity contribution in [1.82, 2.24) is 14.1 Å². The fraction of sp³-hybridized carbons (Fsp3) is 0.750. The maximum absolute atomic E-state index is 12.8. The van der Waals surface area contributed by atoms with Gasteiger partial charge in [0.15, 0.2) is 0 Å². The van der Waals surface area contributed by atoms with E-state index in [4.69, 9.17) is 0 Å². The van der Waals surface area contributed by atoms with Crippen LogP contribution in [0.2, 0.25) is 0 Å². The molecule has 0 saturated carbocycles. The van der Waals surface area contributed by atoms with Crippen molar-refractivity contribution < 1.29 is 13.2 Å². The standard InChI is InChI=1S/C20H33N3O3S2/c1-3-10-21(11-4-2)16-18(24)22-12-7-20(17-22)8-13-23(14-9-20)28(25,26)19-6-5-15-27-19/h5-6,15H,3-4,7-14,16-17H2,1-2H3. The molecule has 2 saturated heterocycles. The summed E-state index contributed by atoms with van der Waals surface area (Å²) in [6.07, 6.45) is 4.80. The van der Waals surface area contributed by atoms with E-state index in [1.165, 1.54) is 11.3 Å². The molecule has 3 heterocycles. The van der Waals surface area contributed by atoms with Crippen LogP contribution in [0.25, 0.3) is 0 Å². The minimum atomic E-state index is -3.36. The summed E-state index contributed by atoms with van der Waals surface area (Å²) in [5.74, 6) is 0.229. The van der Waals surface area contributed by atoms with Crippen LogP contribution in [0.15, 0.2) is 21.7 Å². The van der Waals surface area contributed by atoms with Crippen LogP contribution < -0.4 is 0 Å². The quantitative estimate of drug-likeness (QED) is 0.640. The van der Waals surface area contributed by atoms with Crippen molar-refractivity contribution >= 4 is 27.3 Å². The first-order valence-corrected chi connectivity index (χ1v) is 12.8. The predicted molar refractivity (Wildman–Crippen MR) is 113 cm³/mol. The van der Waals surface area contributed by atoms with E-state index in [1.807, 2.05) is 4.90 Å². The van der Waals surface area contributed by atoms with Gasteiger partial charge in [0.2, 0.25) is 5.91 Å². The molecule has 0 bridgehead atoms. The average molecular weight is 428 g/mol. The summed E-state index contributed by atoms with van der Waals surface area (Å²) in [5.41, 5.74) is 0.0947. The van der Waals surface area contributed by atoms with E-state index in [1.54, 1.807) is 21.8 Å². The number of hydrogen-bond acceptors (Lipinski definition) is 5. The number of thiophene rings is 1. The Hall–Kier alpha value is -0.960. The lowest BCUT2D eigenvalue weighted by atomic mass is 9.78. The lowest BCUT2D eigenvalue weighted by Crippen LogP contribution is -2.45. The Morgan fingerprint density at radius 2 is 1.79 bits per heavy atom. The number of piperidine rings is 1. The van der Waals surface area contributed by atoms with Gasteiger partial charge in [0.1, 0.15) is 4.21 Å². The lowest BCUT2D eigenvalue weighted by molar-refractivity contribution is -0.132. The first-order valence-electron chi connectivity index (χ1n) is 10.4. The van der Waals surface area contributed by atoms with E-state index < -0.39 is 10.0 Å². The second kappa shape index (κ2) is 9.24. The monoisotopic (exact) mass is 427 g/mol. The number of hydrogen-bond donors (Lipinski definition) is 0. The summed E-state index contributed by atoms with van der Waals surface area (Å²) < 4.78 is 27.5. The van der Waals surface area contributed by atoms with Gasteiger partial charge >= 0.3 is 0 Å². The van der Waals surface area contributed by atoms with Gasteiger partial charge in [-0.15, -0.1) is 11.3 Å². The molecule has 1 amide bonds. The Morgan fingerprint density at radius 3 is 2.36 bits per heavy atom. The SMILES string of the molecule is CCCN(CCC)CC(=O)N1CCC2(CCN(S(=O)(=O)c3cccs3)CC2)C1. The van der Waals surface area contributed by atoms with Crippen molar-refractivity contribution in [3.05, 3.63) is 17.5 Å². The summed E-state index contributed by atoms with van der Waals surface area (Å²) in [7, 11) is -3.36. The molecule has 0 radical (unpaired) electrons. The fourth-order valence-electron chi connectivity index (χ4n) is 4.49. The molecule has 8 heteroatoms. The smallest absolute Gasteiger partial charge is 0.252 e. The van der Waals surface area contributed by atoms with Gasteiger partial charge in [-0.1, -0.05) is 19.9 Å². The number of likely N-dealkylation sites (tertiary alicyclic amines) is 1. The Labute approximate surface area is 173 Å². The maximum atomic E-state index is 12.8. The van der Waals surface area contributed by atoms with E-state index in [2.05, 4.69) is 18.7 Å². The molecule has 0 atom stereocenters. The van der Waals surface area contributed by atoms with Gasteiger partial charge in [-0.05, 0) is 62.1 Å². The van der Waals surface area contributed by atoms with Gasteiger partial charge < -0.3 is 4.90 Å². The van der Waals surface area contributed by atoms with Crippen molar-refractivity contribution in [2.45, 2.75) is 50.2 Å². The number of nitrogens with zero attached hydrogens (tertiary/aromatic N) is 3. The maximum Gasteiger partial charge on any atom is 0.252 e. The van der Waals surface area contributed by atoms with Crippen LogP contribution in [0, 0.1) is 5.41 Å². The molecule has 0 unspecified atom stereocenters. The molecule has 0 aliphatic carbocycles. The van der Waals surface area contributed by atoms with Crippen LogP contribution in [-0.4, -0.2) is 74.2 Å². The van der Waals surface area contributed by atoms with Crippen LogP contribution in [0.5, 0.6) is 0 Å². The molecule has 2 fully saturated rings. The highest BCUT2D eigenvalue weighted by Crippen LogP contribution is 2.41. The van der Waals surface area contributed by atoms with Crippen LogP contribution in [-0.2, 0) is 14.8 Å². The summed E-state index contributed by atoms with van der Waals surface area (Å²) in [5, 5.41) is 1.80. The number of carbonyl (C=O) groups is 1. The molecule has 0 N–H and O–H groups in total. The molecule has 1 spiro atoms. The van der Waals surface area contributed by atoms with Crippen molar-refractivity contribution in [3.63, 3.8) is 0 Å². The van der Waals surface area contributed by atoms with Crippen molar-refractivity contribution in [3.8, 4) is 0 Å². The third kappa shape index (κ3) is 4.78. The summed E-state index contributed by atoms with van der Waals surface area (Å²) in [4.78, 5) is 17.1. The topological polar surface area (TPSA) is 60.9 Å². The summed E-state index contributed by atoms with van der Waals surface area (Å²) in [6, 6.07) is 3.46. The first kappa shape index (κ1) is 21.7. The second-order valence-electron chi connectivity index (χ2n) is 8.18. The van der Waals surface area contributed by atoms with E-state index in [-0.39, 0.29) is 11.3 Å². The molecule has 1 aromatic heterocycles. The van der Waals surface area contributed by atoms with E-state index >= 15 is 0 Å². The molecule has 2 aliphatic rings. The van der Waals surface area contributed by atoms with Gasteiger partial charge in [0.25, 0.3) is 10.0 Å². The third-order valence-corrected chi connectivity index (χ3v) is 9.37. The van der Waals surface area contributed by atoms with Crippen LogP contribution in [0.4, 0.5) is 0 Å². The average Bonchev–Trinajstić information content (AvgIpc) is 3.34. The Balaban J connectivity index is 1.55. The first-order chi connectivity index (χ1) is 13.4. The normalized spacial score (nSPS) is 20.3. The second-order valence-corrected chi connectivity index (χ2v) is 11.3. The minimum Gasteiger partial charge on any atom is -0.341 e. The molecular formula is C20H33N3O3S2. The lowest BCUT2D eigenvalue weighted by Gasteiger charge is -2.38. The van der Waals surface area contributed by atoms with Crippen LogP contribution in [0.1, 0.15) is 46.0 Å². The number of sulfonamides is 1. The van der Waals surface area contributed by atoms with Gasteiger partial charge in [-0.3, -0.25) is 9.69 Å². The van der Waals surface area contributed by atoms with Crippen molar-refractivity contribution in [2.75, 3.05) is 45.8 Å². The molecule has 3 rings (SSSR count). The van der Waals surface area contributed by atoms with E-state index in [0.29, 0.717) is 23.8 Å². The van der Waals surface area contributed by atoms with Crippen LogP contribution >= 0.6 is 11.3 Å². The number of rotatable bonds is 8.